The fourth-order valence-electron chi connectivity index (χ4n) is 6.73. The number of carbonyl (C=O) groups is 4. The standard InChI is InChI=1S/C46H87NO8/c1-6-9-12-15-17-18-19-20-21-22-23-25-28-34-43(48)53-39-42(40-54-44(49)36-31-37-47(4)5)55-45(50)35-29-30-38-52-46(51)41(32-26-14-11-8-3)33-27-24-16-13-10-7-2/h41-42H,6-40H2,1-5H3/t41?,42-/m1/s1. The third kappa shape index (κ3) is 37.2. The van der Waals surface area contributed by atoms with Crippen molar-refractivity contribution in [3.63, 3.8) is 0 Å². The first-order valence-electron chi connectivity index (χ1n) is 23.0. The Bertz CT molecular complexity index is 910. The molecule has 0 aliphatic carbocycles. The Kier molecular flexibility index (Phi) is 38.5. The number of unbranched alkanes of at least 4 members (excludes halogenated alkanes) is 21. The molecule has 0 amide bonds. The lowest BCUT2D eigenvalue weighted by molar-refractivity contribution is -0.167. The Balaban J connectivity index is 4.59. The van der Waals surface area contributed by atoms with Gasteiger partial charge in [-0.15, -0.1) is 0 Å². The number of hydrogen-bond donors (Lipinski definition) is 0. The molecule has 0 N–H and O–H groups in total. The maximum absolute atomic E-state index is 13.0. The highest BCUT2D eigenvalue weighted by Crippen LogP contribution is 2.21. The van der Waals surface area contributed by atoms with E-state index in [9.17, 15) is 19.2 Å². The van der Waals surface area contributed by atoms with Gasteiger partial charge in [0.15, 0.2) is 6.10 Å². The maximum Gasteiger partial charge on any atom is 0.308 e. The highest BCUT2D eigenvalue weighted by molar-refractivity contribution is 5.72. The molecular weight excluding hydrogens is 695 g/mol. The molecule has 0 fully saturated rings. The number of rotatable bonds is 41. The number of nitrogens with zero attached hydrogens (tertiary/aromatic N) is 1. The molecule has 0 aromatic carbocycles. The number of esters is 4. The largest absolute Gasteiger partial charge is 0.465 e. The average Bonchev–Trinajstić information content (AvgIpc) is 3.16. The summed E-state index contributed by atoms with van der Waals surface area (Å²) in [5, 5.41) is 0. The Labute approximate surface area is 338 Å². The van der Waals surface area contributed by atoms with Crippen molar-refractivity contribution in [2.75, 3.05) is 40.5 Å². The molecule has 0 rings (SSSR count). The van der Waals surface area contributed by atoms with Gasteiger partial charge in [0, 0.05) is 19.3 Å². The van der Waals surface area contributed by atoms with Crippen molar-refractivity contribution in [1.82, 2.24) is 4.90 Å². The highest BCUT2D eigenvalue weighted by Gasteiger charge is 2.21. The van der Waals surface area contributed by atoms with Gasteiger partial charge >= 0.3 is 23.9 Å². The van der Waals surface area contributed by atoms with E-state index in [0.29, 0.717) is 25.7 Å². The molecule has 2 atom stereocenters. The second-order valence-electron chi connectivity index (χ2n) is 16.1. The van der Waals surface area contributed by atoms with Crippen molar-refractivity contribution in [1.29, 1.82) is 0 Å². The molecule has 0 radical (unpaired) electrons. The number of hydrogen-bond acceptors (Lipinski definition) is 9. The zero-order chi connectivity index (χ0) is 40.6. The average molecular weight is 782 g/mol. The van der Waals surface area contributed by atoms with Crippen LogP contribution in [0.1, 0.15) is 220 Å². The fraction of sp³-hybridized carbons (Fsp3) is 0.913. The summed E-state index contributed by atoms with van der Waals surface area (Å²) >= 11 is 0. The molecule has 0 saturated heterocycles. The summed E-state index contributed by atoms with van der Waals surface area (Å²) in [6.45, 7) is 7.40. The van der Waals surface area contributed by atoms with Crippen LogP contribution in [0.25, 0.3) is 0 Å². The van der Waals surface area contributed by atoms with E-state index in [2.05, 4.69) is 20.8 Å². The summed E-state index contributed by atoms with van der Waals surface area (Å²) in [7, 11) is 3.89. The molecule has 55 heavy (non-hydrogen) atoms. The van der Waals surface area contributed by atoms with Gasteiger partial charge in [-0.05, 0) is 59.2 Å². The fourth-order valence-corrected chi connectivity index (χ4v) is 6.73. The minimum absolute atomic E-state index is 0.0494. The summed E-state index contributed by atoms with van der Waals surface area (Å²) in [4.78, 5) is 52.6. The first kappa shape index (κ1) is 52.8. The minimum Gasteiger partial charge on any atom is -0.465 e. The van der Waals surface area contributed by atoms with Gasteiger partial charge in [0.1, 0.15) is 13.2 Å². The molecule has 0 aliphatic rings. The molecule has 0 saturated carbocycles. The van der Waals surface area contributed by atoms with Gasteiger partial charge in [-0.25, -0.2) is 0 Å². The Morgan fingerprint density at radius 1 is 0.436 bits per heavy atom. The molecule has 0 aromatic rings. The summed E-state index contributed by atoms with van der Waals surface area (Å²) in [5.74, 6) is -1.32. The van der Waals surface area contributed by atoms with E-state index in [-0.39, 0.29) is 56.5 Å². The summed E-state index contributed by atoms with van der Waals surface area (Å²) in [6, 6.07) is 0. The maximum atomic E-state index is 13.0. The normalized spacial score (nSPS) is 12.4. The van der Waals surface area contributed by atoms with E-state index in [1.54, 1.807) is 0 Å². The van der Waals surface area contributed by atoms with E-state index < -0.39 is 12.1 Å². The van der Waals surface area contributed by atoms with Crippen molar-refractivity contribution < 1.29 is 38.1 Å². The molecule has 0 spiro atoms. The molecule has 324 valence electrons. The van der Waals surface area contributed by atoms with Crippen LogP contribution in [0.5, 0.6) is 0 Å². The molecule has 1 unspecified atom stereocenters. The van der Waals surface area contributed by atoms with Crippen LogP contribution in [0.2, 0.25) is 0 Å². The predicted molar refractivity (Wildman–Crippen MR) is 225 cm³/mol. The van der Waals surface area contributed by atoms with Crippen molar-refractivity contribution in [3.8, 4) is 0 Å². The quantitative estimate of drug-likeness (QED) is 0.0340. The van der Waals surface area contributed by atoms with Crippen LogP contribution in [0, 0.1) is 5.92 Å². The molecular formula is C46H87NO8. The third-order valence-corrected chi connectivity index (χ3v) is 10.3. The Morgan fingerprint density at radius 3 is 1.29 bits per heavy atom. The minimum atomic E-state index is -0.867. The van der Waals surface area contributed by atoms with Gasteiger partial charge in [0.05, 0.1) is 12.5 Å². The Hall–Kier alpha value is -2.16. The second-order valence-corrected chi connectivity index (χ2v) is 16.1. The van der Waals surface area contributed by atoms with Gasteiger partial charge in [-0.1, -0.05) is 162 Å². The molecule has 0 aromatic heterocycles. The van der Waals surface area contributed by atoms with E-state index in [4.69, 9.17) is 18.9 Å². The van der Waals surface area contributed by atoms with E-state index >= 15 is 0 Å². The van der Waals surface area contributed by atoms with Crippen molar-refractivity contribution in [2.24, 2.45) is 5.92 Å². The van der Waals surface area contributed by atoms with E-state index in [1.165, 1.54) is 103 Å². The summed E-state index contributed by atoms with van der Waals surface area (Å²) < 4.78 is 22.2. The van der Waals surface area contributed by atoms with Crippen LogP contribution in [0.4, 0.5) is 0 Å². The summed E-state index contributed by atoms with van der Waals surface area (Å²) in [5.41, 5.74) is 0. The van der Waals surface area contributed by atoms with Crippen LogP contribution >= 0.6 is 0 Å². The van der Waals surface area contributed by atoms with Gasteiger partial charge in [-0.2, -0.15) is 0 Å². The van der Waals surface area contributed by atoms with Gasteiger partial charge in [-0.3, -0.25) is 19.2 Å². The van der Waals surface area contributed by atoms with E-state index in [1.807, 2.05) is 19.0 Å². The SMILES string of the molecule is CCCCCCCCCCCCCCCC(=O)OC[C@H](COC(=O)CCCN(C)C)OC(=O)CCCCOC(=O)C(CCCCCC)CCCCCCCC. The van der Waals surface area contributed by atoms with Crippen LogP contribution in [0.3, 0.4) is 0 Å². The first-order valence-corrected chi connectivity index (χ1v) is 23.0. The van der Waals surface area contributed by atoms with Crippen LogP contribution < -0.4 is 0 Å². The second kappa shape index (κ2) is 40.1. The number of ether oxygens (including phenoxy) is 4. The Morgan fingerprint density at radius 2 is 0.818 bits per heavy atom. The zero-order valence-corrected chi connectivity index (χ0v) is 36.6. The molecule has 0 heterocycles. The molecule has 0 aliphatic heterocycles. The molecule has 9 heteroatoms. The van der Waals surface area contributed by atoms with Crippen molar-refractivity contribution in [2.45, 2.75) is 226 Å². The lowest BCUT2D eigenvalue weighted by Crippen LogP contribution is -2.31. The first-order chi connectivity index (χ1) is 26.7. The zero-order valence-electron chi connectivity index (χ0n) is 36.6. The monoisotopic (exact) mass is 782 g/mol. The topological polar surface area (TPSA) is 108 Å². The summed E-state index contributed by atoms with van der Waals surface area (Å²) in [6.07, 6.45) is 31.1. The number of carbonyl (C=O) groups excluding carboxylic acids is 4. The lowest BCUT2D eigenvalue weighted by atomic mass is 9.94. The van der Waals surface area contributed by atoms with Crippen LogP contribution in [-0.4, -0.2) is 75.3 Å². The lowest BCUT2D eigenvalue weighted by Gasteiger charge is -2.18. The molecule has 9 nitrogen and oxygen atoms in total. The van der Waals surface area contributed by atoms with Crippen LogP contribution in [0.15, 0.2) is 0 Å². The van der Waals surface area contributed by atoms with E-state index in [0.717, 1.165) is 64.3 Å². The smallest absolute Gasteiger partial charge is 0.308 e. The van der Waals surface area contributed by atoms with Crippen molar-refractivity contribution >= 4 is 23.9 Å². The highest BCUT2D eigenvalue weighted by atomic mass is 16.6. The van der Waals surface area contributed by atoms with Crippen LogP contribution in [-0.2, 0) is 38.1 Å². The molecule has 0 bridgehead atoms. The van der Waals surface area contributed by atoms with Gasteiger partial charge < -0.3 is 23.8 Å². The third-order valence-electron chi connectivity index (χ3n) is 10.3. The van der Waals surface area contributed by atoms with Crippen molar-refractivity contribution in [3.05, 3.63) is 0 Å². The predicted octanol–water partition coefficient (Wildman–Crippen LogP) is 11.9. The van der Waals surface area contributed by atoms with Gasteiger partial charge in [0.25, 0.3) is 0 Å². The van der Waals surface area contributed by atoms with Gasteiger partial charge in [0.2, 0.25) is 0 Å².